The summed E-state index contributed by atoms with van der Waals surface area (Å²) in [4.78, 5) is 10.8. The van der Waals surface area contributed by atoms with Crippen LogP contribution in [0.25, 0.3) is 0 Å². The van der Waals surface area contributed by atoms with Crippen molar-refractivity contribution in [2.45, 2.75) is 38.0 Å². The predicted molar refractivity (Wildman–Crippen MR) is 46.7 cm³/mol. The fraction of sp³-hybridized carbons (Fsp3) is 0.700. The molecular formula is C10H14F2O. The minimum atomic E-state index is -2.56. The molecule has 1 aliphatic carbocycles. The number of alkyl halides is 2. The molecule has 1 saturated carbocycles. The lowest BCUT2D eigenvalue weighted by atomic mass is 9.72. The lowest BCUT2D eigenvalue weighted by Gasteiger charge is -2.35. The van der Waals surface area contributed by atoms with Gasteiger partial charge in [0.1, 0.15) is 6.29 Å². The molecule has 0 amide bonds. The Bertz CT molecular complexity index is 201. The first-order chi connectivity index (χ1) is 6.04. The minimum absolute atomic E-state index is 0.167. The highest BCUT2D eigenvalue weighted by Crippen LogP contribution is 2.44. The molecule has 0 spiro atoms. The second kappa shape index (κ2) is 3.56. The summed E-state index contributed by atoms with van der Waals surface area (Å²) in [7, 11) is 0. The van der Waals surface area contributed by atoms with Gasteiger partial charge in [0.2, 0.25) is 5.92 Å². The second-order valence-corrected chi connectivity index (χ2v) is 3.83. The number of halogens is 2. The van der Waals surface area contributed by atoms with Gasteiger partial charge in [0, 0.05) is 18.3 Å². The molecule has 0 N–H and O–H groups in total. The van der Waals surface area contributed by atoms with Crippen molar-refractivity contribution in [3.8, 4) is 0 Å². The van der Waals surface area contributed by atoms with Crippen LogP contribution in [0.5, 0.6) is 0 Å². The molecule has 0 bridgehead atoms. The predicted octanol–water partition coefficient (Wildman–Crippen LogP) is 2.96. The summed E-state index contributed by atoms with van der Waals surface area (Å²) in [6.07, 6.45) is 3.22. The van der Waals surface area contributed by atoms with Gasteiger partial charge in [-0.3, -0.25) is 0 Å². The van der Waals surface area contributed by atoms with Gasteiger partial charge < -0.3 is 4.79 Å². The van der Waals surface area contributed by atoms with Gasteiger partial charge in [0.15, 0.2) is 0 Å². The number of rotatable bonds is 3. The molecule has 3 heteroatoms. The third-order valence-electron chi connectivity index (χ3n) is 2.78. The summed E-state index contributed by atoms with van der Waals surface area (Å²) in [5.74, 6) is -2.56. The van der Waals surface area contributed by atoms with Gasteiger partial charge in [-0.05, 0) is 19.3 Å². The monoisotopic (exact) mass is 188 g/mol. The van der Waals surface area contributed by atoms with Crippen LogP contribution in [0.3, 0.4) is 0 Å². The molecule has 1 rings (SSSR count). The van der Waals surface area contributed by atoms with E-state index < -0.39 is 11.3 Å². The number of carbonyl (C=O) groups is 1. The first kappa shape index (κ1) is 10.4. The Labute approximate surface area is 76.8 Å². The topological polar surface area (TPSA) is 17.1 Å². The van der Waals surface area contributed by atoms with E-state index in [9.17, 15) is 13.6 Å². The van der Waals surface area contributed by atoms with Crippen molar-refractivity contribution < 1.29 is 13.6 Å². The summed E-state index contributed by atoms with van der Waals surface area (Å²) in [5.41, 5.74) is -0.552. The normalized spacial score (nSPS) is 25.1. The van der Waals surface area contributed by atoms with Crippen LogP contribution in [0.1, 0.15) is 32.1 Å². The van der Waals surface area contributed by atoms with E-state index in [0.717, 1.165) is 6.29 Å². The Morgan fingerprint density at radius 2 is 1.77 bits per heavy atom. The number of carbonyl (C=O) groups excluding carboxylic acids is 1. The second-order valence-electron chi connectivity index (χ2n) is 3.83. The molecule has 0 aromatic heterocycles. The SMILES string of the molecule is C=CCC1(C=O)CCC(F)(F)CC1. The molecule has 0 heterocycles. The summed E-state index contributed by atoms with van der Waals surface area (Å²) >= 11 is 0. The van der Waals surface area contributed by atoms with Gasteiger partial charge in [-0.2, -0.15) is 0 Å². The zero-order chi connectivity index (χ0) is 9.95. The highest BCUT2D eigenvalue weighted by molar-refractivity contribution is 5.60. The van der Waals surface area contributed by atoms with Crippen molar-refractivity contribution in [2.75, 3.05) is 0 Å². The maximum Gasteiger partial charge on any atom is 0.248 e. The van der Waals surface area contributed by atoms with Crippen molar-refractivity contribution in [3.05, 3.63) is 12.7 Å². The van der Waals surface area contributed by atoms with Crippen LogP contribution >= 0.6 is 0 Å². The molecular weight excluding hydrogens is 174 g/mol. The van der Waals surface area contributed by atoms with Crippen LogP contribution in [-0.2, 0) is 4.79 Å². The van der Waals surface area contributed by atoms with E-state index in [4.69, 9.17) is 0 Å². The largest absolute Gasteiger partial charge is 0.303 e. The molecule has 1 aliphatic rings. The maximum absolute atomic E-state index is 12.8. The van der Waals surface area contributed by atoms with E-state index in [0.29, 0.717) is 6.42 Å². The molecule has 1 fully saturated rings. The molecule has 13 heavy (non-hydrogen) atoms. The highest BCUT2D eigenvalue weighted by atomic mass is 19.3. The zero-order valence-electron chi connectivity index (χ0n) is 7.56. The van der Waals surface area contributed by atoms with Gasteiger partial charge in [-0.15, -0.1) is 6.58 Å². The standard InChI is InChI=1S/C10H14F2O/c1-2-3-9(8-13)4-6-10(11,12)7-5-9/h2,8H,1,3-7H2. The van der Waals surface area contributed by atoms with Crippen LogP contribution in [0.4, 0.5) is 8.78 Å². The quantitative estimate of drug-likeness (QED) is 0.491. The average Bonchev–Trinajstić information content (AvgIpc) is 2.10. The summed E-state index contributed by atoms with van der Waals surface area (Å²) in [6, 6.07) is 0. The van der Waals surface area contributed by atoms with Crippen LogP contribution in [0.15, 0.2) is 12.7 Å². The number of allylic oxidation sites excluding steroid dienone is 1. The van der Waals surface area contributed by atoms with Gasteiger partial charge in [-0.25, -0.2) is 8.78 Å². The third-order valence-corrected chi connectivity index (χ3v) is 2.78. The third kappa shape index (κ3) is 2.36. The first-order valence-corrected chi connectivity index (χ1v) is 4.49. The molecule has 0 radical (unpaired) electrons. The van der Waals surface area contributed by atoms with Gasteiger partial charge in [0.05, 0.1) is 0 Å². The fourth-order valence-electron chi connectivity index (χ4n) is 1.77. The van der Waals surface area contributed by atoms with E-state index in [1.54, 1.807) is 6.08 Å². The van der Waals surface area contributed by atoms with E-state index in [-0.39, 0.29) is 25.7 Å². The maximum atomic E-state index is 12.8. The van der Waals surface area contributed by atoms with Crippen molar-refractivity contribution in [2.24, 2.45) is 5.41 Å². The van der Waals surface area contributed by atoms with Crippen molar-refractivity contribution in [1.29, 1.82) is 0 Å². The Morgan fingerprint density at radius 3 is 2.15 bits per heavy atom. The Kier molecular flexibility index (Phi) is 2.84. The Balaban J connectivity index is 2.62. The smallest absolute Gasteiger partial charge is 0.248 e. The van der Waals surface area contributed by atoms with Crippen LogP contribution in [0.2, 0.25) is 0 Å². The van der Waals surface area contributed by atoms with Crippen molar-refractivity contribution in [3.63, 3.8) is 0 Å². The average molecular weight is 188 g/mol. The molecule has 0 atom stereocenters. The zero-order valence-corrected chi connectivity index (χ0v) is 7.56. The Hall–Kier alpha value is -0.730. The molecule has 0 aromatic rings. The summed E-state index contributed by atoms with van der Waals surface area (Å²) in [5, 5.41) is 0. The van der Waals surface area contributed by atoms with E-state index >= 15 is 0 Å². The highest BCUT2D eigenvalue weighted by Gasteiger charge is 2.42. The molecule has 0 aliphatic heterocycles. The minimum Gasteiger partial charge on any atom is -0.303 e. The van der Waals surface area contributed by atoms with Gasteiger partial charge >= 0.3 is 0 Å². The number of aldehydes is 1. The first-order valence-electron chi connectivity index (χ1n) is 4.49. The molecule has 74 valence electrons. The number of hydrogen-bond acceptors (Lipinski definition) is 1. The lowest BCUT2D eigenvalue weighted by Crippen LogP contribution is -2.34. The number of hydrogen-bond donors (Lipinski definition) is 0. The van der Waals surface area contributed by atoms with E-state index in [2.05, 4.69) is 6.58 Å². The van der Waals surface area contributed by atoms with Gasteiger partial charge in [-0.1, -0.05) is 6.08 Å². The van der Waals surface area contributed by atoms with E-state index in [1.165, 1.54) is 0 Å². The van der Waals surface area contributed by atoms with Crippen LogP contribution < -0.4 is 0 Å². The van der Waals surface area contributed by atoms with Crippen LogP contribution in [0, 0.1) is 5.41 Å². The Morgan fingerprint density at radius 1 is 1.23 bits per heavy atom. The van der Waals surface area contributed by atoms with Crippen molar-refractivity contribution >= 4 is 6.29 Å². The molecule has 0 aromatic carbocycles. The molecule has 1 nitrogen and oxygen atoms in total. The fourth-order valence-corrected chi connectivity index (χ4v) is 1.77. The summed E-state index contributed by atoms with van der Waals surface area (Å²) in [6.45, 7) is 3.54. The molecule has 0 saturated heterocycles. The van der Waals surface area contributed by atoms with E-state index in [1.807, 2.05) is 0 Å². The van der Waals surface area contributed by atoms with Crippen LogP contribution in [-0.4, -0.2) is 12.2 Å². The molecule has 0 unspecified atom stereocenters. The van der Waals surface area contributed by atoms with Gasteiger partial charge in [0.25, 0.3) is 0 Å². The lowest BCUT2D eigenvalue weighted by molar-refractivity contribution is -0.124. The summed E-state index contributed by atoms with van der Waals surface area (Å²) < 4.78 is 25.6. The van der Waals surface area contributed by atoms with Crippen molar-refractivity contribution in [1.82, 2.24) is 0 Å².